The molecule has 0 radical (unpaired) electrons. The van der Waals surface area contributed by atoms with Gasteiger partial charge in [-0.15, -0.1) is 0 Å². The minimum absolute atomic E-state index is 0.0393. The van der Waals surface area contributed by atoms with Crippen LogP contribution in [0.2, 0.25) is 0 Å². The van der Waals surface area contributed by atoms with Crippen molar-refractivity contribution in [1.29, 1.82) is 0 Å². The van der Waals surface area contributed by atoms with Gasteiger partial charge in [-0.05, 0) is 36.0 Å². The van der Waals surface area contributed by atoms with Crippen LogP contribution in [0.3, 0.4) is 0 Å². The van der Waals surface area contributed by atoms with Crippen LogP contribution < -0.4 is 4.74 Å². The van der Waals surface area contributed by atoms with Gasteiger partial charge in [0.2, 0.25) is 11.5 Å². The average molecular weight is 388 g/mol. The Balaban J connectivity index is 1.60. The van der Waals surface area contributed by atoms with Gasteiger partial charge in [0.15, 0.2) is 0 Å². The van der Waals surface area contributed by atoms with Crippen LogP contribution in [-0.4, -0.2) is 37.7 Å². The molecule has 3 rings (SSSR count). The highest BCUT2D eigenvalue weighted by atomic mass is 16.6. The van der Waals surface area contributed by atoms with Crippen molar-refractivity contribution in [2.24, 2.45) is 5.92 Å². The van der Waals surface area contributed by atoms with Gasteiger partial charge in [-0.3, -0.25) is 4.79 Å². The number of esters is 1. The number of methoxy groups -OCH3 is 1. The average Bonchev–Trinajstić information content (AvgIpc) is 2.68. The van der Waals surface area contributed by atoms with Crippen LogP contribution in [0, 0.1) is 5.92 Å². The van der Waals surface area contributed by atoms with E-state index in [2.05, 4.69) is 25.5 Å². The second kappa shape index (κ2) is 8.35. The van der Waals surface area contributed by atoms with Gasteiger partial charge in [-0.2, -0.15) is 0 Å². The molecule has 28 heavy (non-hydrogen) atoms. The molecule has 2 aliphatic rings. The minimum atomic E-state index is -0.407. The Morgan fingerprint density at radius 2 is 1.89 bits per heavy atom. The zero-order chi connectivity index (χ0) is 20.3. The molecule has 0 aromatic heterocycles. The van der Waals surface area contributed by atoms with Gasteiger partial charge in [0, 0.05) is 6.42 Å². The van der Waals surface area contributed by atoms with E-state index in [9.17, 15) is 9.59 Å². The van der Waals surface area contributed by atoms with Gasteiger partial charge in [0.05, 0.1) is 19.1 Å². The van der Waals surface area contributed by atoms with E-state index in [4.69, 9.17) is 14.2 Å². The third kappa shape index (κ3) is 4.73. The Hall–Kier alpha value is -2.34. The first-order valence-electron chi connectivity index (χ1n) is 9.64. The number of benzene rings is 1. The Morgan fingerprint density at radius 1 is 1.18 bits per heavy atom. The number of allylic oxidation sites excluding steroid dienone is 1. The Kier molecular flexibility index (Phi) is 6.08. The van der Waals surface area contributed by atoms with Crippen molar-refractivity contribution in [2.75, 3.05) is 13.7 Å². The molecule has 1 fully saturated rings. The van der Waals surface area contributed by atoms with E-state index in [1.165, 1.54) is 18.9 Å². The van der Waals surface area contributed by atoms with Gasteiger partial charge in [0.25, 0.3) is 0 Å². The fraction of sp³-hybridized carbons (Fsp3) is 0.545. The minimum Gasteiger partial charge on any atom is -0.493 e. The molecule has 1 saturated carbocycles. The molecule has 1 aliphatic heterocycles. The lowest BCUT2D eigenvalue weighted by atomic mass is 9.80. The standard InChI is InChI=1S/C22H28O6/c1-22(2,3)14-5-7-15(8-6-14)28-19-12-27-18-11-16(26-13-20(23)25-4)9-10-17(18)21(19)24/h5-8,12,16-18H,9-11,13H2,1-4H3. The highest BCUT2D eigenvalue weighted by Gasteiger charge is 2.41. The molecular weight excluding hydrogens is 360 g/mol. The number of carbonyl (C=O) groups excluding carboxylic acids is 2. The molecule has 0 saturated heterocycles. The maximum absolute atomic E-state index is 12.8. The van der Waals surface area contributed by atoms with Gasteiger partial charge in [-0.1, -0.05) is 32.9 Å². The largest absolute Gasteiger partial charge is 0.493 e. The predicted molar refractivity (Wildman–Crippen MR) is 103 cm³/mol. The maximum Gasteiger partial charge on any atom is 0.331 e. The highest BCUT2D eigenvalue weighted by molar-refractivity contribution is 5.96. The van der Waals surface area contributed by atoms with E-state index in [1.807, 2.05) is 24.3 Å². The van der Waals surface area contributed by atoms with Crippen LogP contribution in [0.1, 0.15) is 45.6 Å². The summed E-state index contributed by atoms with van der Waals surface area (Å²) < 4.78 is 21.7. The number of rotatable bonds is 5. The number of hydrogen-bond acceptors (Lipinski definition) is 6. The number of hydrogen-bond donors (Lipinski definition) is 0. The summed E-state index contributed by atoms with van der Waals surface area (Å²) >= 11 is 0. The molecule has 1 aromatic rings. The normalized spacial score (nSPS) is 24.6. The Labute approximate surface area is 165 Å². The first-order chi connectivity index (χ1) is 13.3. The van der Waals surface area contributed by atoms with E-state index in [0.717, 1.165) is 0 Å². The molecular formula is C22H28O6. The van der Waals surface area contributed by atoms with Gasteiger partial charge in [-0.25, -0.2) is 4.79 Å². The number of Topliss-reactive ketones (excluding diaryl/α,β-unsaturated/α-hetero) is 1. The van der Waals surface area contributed by atoms with Crippen LogP contribution in [0.15, 0.2) is 36.3 Å². The fourth-order valence-corrected chi connectivity index (χ4v) is 3.55. The second-order valence-electron chi connectivity index (χ2n) is 8.33. The zero-order valence-electron chi connectivity index (χ0n) is 16.9. The van der Waals surface area contributed by atoms with Crippen LogP contribution in [0.5, 0.6) is 5.75 Å². The van der Waals surface area contributed by atoms with E-state index >= 15 is 0 Å². The summed E-state index contributed by atoms with van der Waals surface area (Å²) in [4.78, 5) is 24.0. The smallest absolute Gasteiger partial charge is 0.331 e. The third-order valence-electron chi connectivity index (χ3n) is 5.29. The van der Waals surface area contributed by atoms with Crippen LogP contribution in [0.4, 0.5) is 0 Å². The van der Waals surface area contributed by atoms with Crippen molar-refractivity contribution in [3.05, 3.63) is 41.9 Å². The molecule has 1 heterocycles. The number of fused-ring (bicyclic) bond motifs is 1. The summed E-state index contributed by atoms with van der Waals surface area (Å²) in [7, 11) is 1.33. The highest BCUT2D eigenvalue weighted by Crippen LogP contribution is 2.35. The number of ketones is 1. The molecule has 6 nitrogen and oxygen atoms in total. The molecule has 152 valence electrons. The number of carbonyl (C=O) groups is 2. The summed E-state index contributed by atoms with van der Waals surface area (Å²) in [5.41, 5.74) is 1.26. The number of ether oxygens (including phenoxy) is 4. The van der Waals surface area contributed by atoms with Crippen molar-refractivity contribution < 1.29 is 28.5 Å². The van der Waals surface area contributed by atoms with Crippen LogP contribution in [-0.2, 0) is 29.2 Å². The Bertz CT molecular complexity index is 743. The van der Waals surface area contributed by atoms with Crippen molar-refractivity contribution in [1.82, 2.24) is 0 Å². The second-order valence-corrected chi connectivity index (χ2v) is 8.33. The molecule has 0 spiro atoms. The van der Waals surface area contributed by atoms with Crippen molar-refractivity contribution in [2.45, 2.75) is 57.7 Å². The Morgan fingerprint density at radius 3 is 2.54 bits per heavy atom. The molecule has 1 aliphatic carbocycles. The SMILES string of the molecule is COC(=O)COC1CCC2C(=O)C(Oc3ccc(C(C)(C)C)cc3)=COC2C1. The summed E-state index contributed by atoms with van der Waals surface area (Å²) in [6.07, 6.45) is 2.94. The molecule has 0 amide bonds. The van der Waals surface area contributed by atoms with Crippen LogP contribution >= 0.6 is 0 Å². The van der Waals surface area contributed by atoms with Gasteiger partial charge in [0.1, 0.15) is 24.7 Å². The van der Waals surface area contributed by atoms with E-state index in [-0.39, 0.29) is 41.7 Å². The maximum atomic E-state index is 12.8. The molecule has 3 unspecified atom stereocenters. The monoisotopic (exact) mass is 388 g/mol. The molecule has 0 bridgehead atoms. The van der Waals surface area contributed by atoms with Crippen molar-refractivity contribution in [3.8, 4) is 5.75 Å². The topological polar surface area (TPSA) is 71.1 Å². The van der Waals surface area contributed by atoms with E-state index in [1.54, 1.807) is 0 Å². The fourth-order valence-electron chi connectivity index (χ4n) is 3.55. The van der Waals surface area contributed by atoms with Crippen molar-refractivity contribution in [3.63, 3.8) is 0 Å². The van der Waals surface area contributed by atoms with Crippen LogP contribution in [0.25, 0.3) is 0 Å². The molecule has 6 heteroatoms. The lowest BCUT2D eigenvalue weighted by Gasteiger charge is -2.36. The summed E-state index contributed by atoms with van der Waals surface area (Å²) in [5.74, 6) is 0.161. The van der Waals surface area contributed by atoms with Gasteiger partial charge < -0.3 is 18.9 Å². The summed E-state index contributed by atoms with van der Waals surface area (Å²) in [6, 6.07) is 7.77. The third-order valence-corrected chi connectivity index (χ3v) is 5.29. The predicted octanol–water partition coefficient (Wildman–Crippen LogP) is 3.53. The first kappa shape index (κ1) is 20.4. The summed E-state index contributed by atoms with van der Waals surface area (Å²) in [5, 5.41) is 0. The lowest BCUT2D eigenvalue weighted by Crippen LogP contribution is -2.42. The van der Waals surface area contributed by atoms with E-state index in [0.29, 0.717) is 25.0 Å². The quantitative estimate of drug-likeness (QED) is 0.719. The van der Waals surface area contributed by atoms with Crippen molar-refractivity contribution >= 4 is 11.8 Å². The summed E-state index contributed by atoms with van der Waals surface area (Å²) in [6.45, 7) is 6.36. The first-order valence-corrected chi connectivity index (χ1v) is 9.64. The molecule has 3 atom stereocenters. The molecule has 1 aromatic carbocycles. The van der Waals surface area contributed by atoms with E-state index < -0.39 is 5.97 Å². The molecule has 0 N–H and O–H groups in total. The zero-order valence-corrected chi connectivity index (χ0v) is 16.9. The lowest BCUT2D eigenvalue weighted by molar-refractivity contribution is -0.152. The van der Waals surface area contributed by atoms with Gasteiger partial charge >= 0.3 is 5.97 Å².